The first-order chi connectivity index (χ1) is 15.8. The lowest BCUT2D eigenvalue weighted by Crippen LogP contribution is -2.13. The number of aromatic nitrogens is 1. The Balaban J connectivity index is 1.44. The molecule has 1 amide bonds. The maximum absolute atomic E-state index is 12.3. The van der Waals surface area contributed by atoms with Crippen LogP contribution in [-0.4, -0.2) is 24.1 Å². The van der Waals surface area contributed by atoms with Gasteiger partial charge in [0.05, 0.1) is 23.4 Å². The Morgan fingerprint density at radius 2 is 1.85 bits per heavy atom. The molecule has 0 unspecified atom stereocenters. The van der Waals surface area contributed by atoms with Crippen molar-refractivity contribution in [1.29, 1.82) is 0 Å². The zero-order valence-electron chi connectivity index (χ0n) is 19.6. The van der Waals surface area contributed by atoms with Gasteiger partial charge in [-0.05, 0) is 76.1 Å². The molecule has 0 fully saturated rings. The van der Waals surface area contributed by atoms with Gasteiger partial charge in [0.2, 0.25) is 5.91 Å². The number of rotatable bonds is 10. The number of halogens is 1. The number of thiazole rings is 1. The molecular formula is C26H31BrN2O3S. The fourth-order valence-corrected chi connectivity index (χ4v) is 4.32. The van der Waals surface area contributed by atoms with Gasteiger partial charge in [0.15, 0.2) is 5.13 Å². The third-order valence-corrected chi connectivity index (χ3v) is 6.35. The lowest BCUT2D eigenvalue weighted by Gasteiger charge is -2.20. The van der Waals surface area contributed by atoms with Crippen LogP contribution in [0.15, 0.2) is 52.3 Å². The van der Waals surface area contributed by atoms with Gasteiger partial charge >= 0.3 is 0 Å². The van der Waals surface area contributed by atoms with E-state index in [1.807, 2.05) is 35.7 Å². The molecule has 0 aliphatic rings. The number of ether oxygens (including phenoxy) is 2. The summed E-state index contributed by atoms with van der Waals surface area (Å²) in [6.07, 6.45) is 1.97. The van der Waals surface area contributed by atoms with Gasteiger partial charge in [-0.25, -0.2) is 4.98 Å². The molecule has 0 saturated carbocycles. The second-order valence-electron chi connectivity index (χ2n) is 8.81. The lowest BCUT2D eigenvalue weighted by atomic mass is 9.87. The highest BCUT2D eigenvalue weighted by Crippen LogP contribution is 2.31. The number of anilines is 1. The van der Waals surface area contributed by atoms with E-state index in [-0.39, 0.29) is 11.3 Å². The largest absolute Gasteiger partial charge is 0.494 e. The highest BCUT2D eigenvalue weighted by Gasteiger charge is 2.15. The van der Waals surface area contributed by atoms with Crippen LogP contribution in [0.25, 0.3) is 11.3 Å². The van der Waals surface area contributed by atoms with Gasteiger partial charge in [-0.3, -0.25) is 4.79 Å². The smallest absolute Gasteiger partial charge is 0.226 e. The Labute approximate surface area is 208 Å². The van der Waals surface area contributed by atoms with E-state index in [2.05, 4.69) is 66.1 Å². The van der Waals surface area contributed by atoms with Gasteiger partial charge in [-0.2, -0.15) is 0 Å². The Kier molecular flexibility index (Phi) is 8.92. The molecule has 3 aromatic rings. The average Bonchev–Trinajstić information content (AvgIpc) is 3.24. The monoisotopic (exact) mass is 530 g/mol. The predicted octanol–water partition coefficient (Wildman–Crippen LogP) is 7.46. The van der Waals surface area contributed by atoms with Gasteiger partial charge in [-0.1, -0.05) is 33.8 Å². The van der Waals surface area contributed by atoms with E-state index in [0.717, 1.165) is 33.6 Å². The van der Waals surface area contributed by atoms with Gasteiger partial charge in [0, 0.05) is 17.4 Å². The molecule has 0 atom stereocenters. The second kappa shape index (κ2) is 11.7. The maximum Gasteiger partial charge on any atom is 0.226 e. The summed E-state index contributed by atoms with van der Waals surface area (Å²) in [5.41, 5.74) is 3.16. The Hall–Kier alpha value is -2.38. The third-order valence-electron chi connectivity index (χ3n) is 4.98. The van der Waals surface area contributed by atoms with E-state index >= 15 is 0 Å². The lowest BCUT2D eigenvalue weighted by molar-refractivity contribution is -0.116. The van der Waals surface area contributed by atoms with Crippen molar-refractivity contribution >= 4 is 38.3 Å². The maximum atomic E-state index is 12.3. The Bertz CT molecular complexity index is 1060. The van der Waals surface area contributed by atoms with Crippen LogP contribution in [0, 0.1) is 0 Å². The van der Waals surface area contributed by atoms with Gasteiger partial charge < -0.3 is 14.8 Å². The molecule has 1 aromatic heterocycles. The quantitative estimate of drug-likeness (QED) is 0.276. The van der Waals surface area contributed by atoms with Crippen molar-refractivity contribution < 1.29 is 14.3 Å². The van der Waals surface area contributed by atoms with Crippen LogP contribution in [0.2, 0.25) is 0 Å². The van der Waals surface area contributed by atoms with Crippen molar-refractivity contribution in [2.24, 2.45) is 0 Å². The minimum Gasteiger partial charge on any atom is -0.494 e. The van der Waals surface area contributed by atoms with Crippen LogP contribution >= 0.6 is 27.3 Å². The van der Waals surface area contributed by atoms with Crippen molar-refractivity contribution in [3.05, 3.63) is 57.9 Å². The van der Waals surface area contributed by atoms with E-state index < -0.39 is 0 Å². The summed E-state index contributed by atoms with van der Waals surface area (Å²) in [4.78, 5) is 16.8. The van der Waals surface area contributed by atoms with Crippen LogP contribution in [0.1, 0.15) is 52.5 Å². The van der Waals surface area contributed by atoms with E-state index in [4.69, 9.17) is 9.47 Å². The van der Waals surface area contributed by atoms with Crippen LogP contribution in [0.5, 0.6) is 11.5 Å². The van der Waals surface area contributed by atoms with Crippen molar-refractivity contribution in [2.75, 3.05) is 18.5 Å². The fourth-order valence-electron chi connectivity index (χ4n) is 3.09. The second-order valence-corrected chi connectivity index (χ2v) is 10.5. The summed E-state index contributed by atoms with van der Waals surface area (Å²) < 4.78 is 12.4. The molecular weight excluding hydrogens is 500 g/mol. The number of hydrogen-bond donors (Lipinski definition) is 1. The number of nitrogens with one attached hydrogen (secondary N) is 1. The van der Waals surface area contributed by atoms with Crippen LogP contribution in [0.3, 0.4) is 0 Å². The minimum absolute atomic E-state index is 0.0649. The SMILES string of the molecule is CCCOc1ccc(-c2csc(NC(=O)CCCOc3ccc(C(C)(C)C)cc3Br)n2)cc1. The molecule has 0 radical (unpaired) electrons. The molecule has 7 heteroatoms. The number of nitrogens with zero attached hydrogens (tertiary/aromatic N) is 1. The fraction of sp³-hybridized carbons (Fsp3) is 0.385. The van der Waals surface area contributed by atoms with E-state index in [1.165, 1.54) is 16.9 Å². The van der Waals surface area contributed by atoms with Crippen LogP contribution in [-0.2, 0) is 10.2 Å². The summed E-state index contributed by atoms with van der Waals surface area (Å²) in [5.74, 6) is 1.58. The normalized spacial score (nSPS) is 11.3. The summed E-state index contributed by atoms with van der Waals surface area (Å²) >= 11 is 5.00. The molecule has 1 N–H and O–H groups in total. The molecule has 0 spiro atoms. The van der Waals surface area contributed by atoms with Crippen molar-refractivity contribution in [3.63, 3.8) is 0 Å². The number of carbonyl (C=O) groups is 1. The standard InChI is InChI=1S/C26H31BrN2O3S/c1-5-14-31-20-11-8-18(9-12-20)22-17-33-25(28-22)29-24(30)7-6-15-32-23-13-10-19(16-21(23)27)26(2,3)4/h8-13,16-17H,5-7,14-15H2,1-4H3,(H,28,29,30). The van der Waals surface area contributed by atoms with Gasteiger partial charge in [0.1, 0.15) is 11.5 Å². The summed E-state index contributed by atoms with van der Waals surface area (Å²) in [6, 6.07) is 14.0. The number of amides is 1. The molecule has 0 saturated heterocycles. The van der Waals surface area contributed by atoms with Crippen molar-refractivity contribution in [2.45, 2.75) is 52.4 Å². The molecule has 0 aliphatic carbocycles. The molecule has 0 aliphatic heterocycles. The van der Waals surface area contributed by atoms with Gasteiger partial charge in [-0.15, -0.1) is 11.3 Å². The minimum atomic E-state index is -0.0649. The van der Waals surface area contributed by atoms with E-state index in [1.54, 1.807) is 0 Å². The summed E-state index contributed by atoms with van der Waals surface area (Å²) in [5, 5.41) is 5.43. The zero-order chi connectivity index (χ0) is 23.8. The molecule has 2 aromatic carbocycles. The first-order valence-electron chi connectivity index (χ1n) is 11.2. The van der Waals surface area contributed by atoms with Crippen LogP contribution in [0.4, 0.5) is 5.13 Å². The van der Waals surface area contributed by atoms with Crippen molar-refractivity contribution in [1.82, 2.24) is 4.98 Å². The zero-order valence-corrected chi connectivity index (χ0v) is 22.0. The highest BCUT2D eigenvalue weighted by molar-refractivity contribution is 9.10. The average molecular weight is 532 g/mol. The number of hydrogen-bond acceptors (Lipinski definition) is 5. The molecule has 3 rings (SSSR count). The Morgan fingerprint density at radius 1 is 1.09 bits per heavy atom. The molecule has 1 heterocycles. The topological polar surface area (TPSA) is 60.5 Å². The van der Waals surface area contributed by atoms with E-state index in [9.17, 15) is 4.79 Å². The number of carbonyl (C=O) groups excluding carboxylic acids is 1. The van der Waals surface area contributed by atoms with Gasteiger partial charge in [0.25, 0.3) is 0 Å². The molecule has 176 valence electrons. The predicted molar refractivity (Wildman–Crippen MR) is 140 cm³/mol. The summed E-state index contributed by atoms with van der Waals surface area (Å²) in [7, 11) is 0. The highest BCUT2D eigenvalue weighted by atomic mass is 79.9. The molecule has 5 nitrogen and oxygen atoms in total. The Morgan fingerprint density at radius 3 is 2.52 bits per heavy atom. The first-order valence-corrected chi connectivity index (χ1v) is 12.8. The third kappa shape index (κ3) is 7.57. The van der Waals surface area contributed by atoms with E-state index in [0.29, 0.717) is 31.2 Å². The number of benzene rings is 2. The summed E-state index contributed by atoms with van der Waals surface area (Å²) in [6.45, 7) is 9.79. The first kappa shape index (κ1) is 25.2. The van der Waals surface area contributed by atoms with Crippen LogP contribution < -0.4 is 14.8 Å². The molecule has 33 heavy (non-hydrogen) atoms. The van der Waals surface area contributed by atoms with Crippen molar-refractivity contribution in [3.8, 4) is 22.8 Å². The molecule has 0 bridgehead atoms.